The summed E-state index contributed by atoms with van der Waals surface area (Å²) in [7, 11) is -2.32. The van der Waals surface area contributed by atoms with Crippen LogP contribution in [0.25, 0.3) is 0 Å². The van der Waals surface area contributed by atoms with E-state index in [2.05, 4.69) is 4.72 Å². The van der Waals surface area contributed by atoms with Crippen molar-refractivity contribution >= 4 is 16.0 Å². The maximum absolute atomic E-state index is 13.9. The lowest BCUT2D eigenvalue weighted by Gasteiger charge is -2.50. The molecule has 48 heavy (non-hydrogen) atoms. The Hall–Kier alpha value is -4.46. The van der Waals surface area contributed by atoms with Crippen molar-refractivity contribution in [3.63, 3.8) is 0 Å². The van der Waals surface area contributed by atoms with E-state index in [0.29, 0.717) is 5.56 Å². The van der Waals surface area contributed by atoms with Gasteiger partial charge in [-0.1, -0.05) is 91.0 Å². The van der Waals surface area contributed by atoms with Crippen LogP contribution in [0, 0.1) is 0 Å². The minimum Gasteiger partial charge on any atom is -0.490 e. The fraction of sp³-hybridized carbons (Fsp3) is 0.306. The van der Waals surface area contributed by atoms with Crippen LogP contribution in [-0.2, 0) is 42.2 Å². The van der Waals surface area contributed by atoms with E-state index >= 15 is 0 Å². The van der Waals surface area contributed by atoms with Crippen molar-refractivity contribution in [2.75, 3.05) is 20.0 Å². The number of hydrogen-bond acceptors (Lipinski definition) is 10. The minimum atomic E-state index is -3.81. The Morgan fingerprint density at radius 1 is 0.812 bits per heavy atom. The summed E-state index contributed by atoms with van der Waals surface area (Å²) in [6.45, 7) is 0.432. The second-order valence-corrected chi connectivity index (χ2v) is 13.6. The molecule has 0 aliphatic carbocycles. The molecule has 3 aliphatic heterocycles. The second-order valence-electron chi connectivity index (χ2n) is 11.8. The normalized spacial score (nSPS) is 24.8. The molecule has 0 unspecified atom stereocenters. The molecule has 250 valence electrons. The van der Waals surface area contributed by atoms with Gasteiger partial charge in [0, 0.05) is 11.1 Å². The lowest BCUT2D eigenvalue weighted by molar-refractivity contribution is -0.310. The smallest absolute Gasteiger partial charge is 0.339 e. The molecule has 0 saturated carbocycles. The quantitative estimate of drug-likeness (QED) is 0.233. The van der Waals surface area contributed by atoms with E-state index in [9.17, 15) is 13.2 Å². The summed E-state index contributed by atoms with van der Waals surface area (Å²) in [4.78, 5) is 13.9. The zero-order valence-corrected chi connectivity index (χ0v) is 27.1. The Labute approximate surface area is 278 Å². The van der Waals surface area contributed by atoms with Crippen molar-refractivity contribution < 1.29 is 46.4 Å². The van der Waals surface area contributed by atoms with Crippen LogP contribution in [0.1, 0.15) is 45.0 Å². The van der Waals surface area contributed by atoms with Crippen molar-refractivity contribution in [2.45, 2.75) is 50.0 Å². The van der Waals surface area contributed by atoms with E-state index in [0.717, 1.165) is 22.9 Å². The zero-order chi connectivity index (χ0) is 33.3. The largest absolute Gasteiger partial charge is 0.490 e. The number of benzene rings is 4. The minimum absolute atomic E-state index is 0.0915. The standard InChI is InChI=1S/C36H35NO10S/c1-41-31-26(42-19-22-12-6-3-7-13-22)18-25-28(32(31)43-20-23-14-8-4-9-15-23)33-34(46-35(25)38)29(37-48(2,39)40)30-27(45-33)21-44-36(47-30)24-16-10-5-11-17-24/h3-18,27,29-30,33-34,36-37H,19-21H2,1-2H3/t27-,29+,30-,33+,34-,36-/m1/s1. The predicted molar refractivity (Wildman–Crippen MR) is 173 cm³/mol. The summed E-state index contributed by atoms with van der Waals surface area (Å²) in [5.41, 5.74) is 3.06. The van der Waals surface area contributed by atoms with Crippen LogP contribution in [0.2, 0.25) is 0 Å². The summed E-state index contributed by atoms with van der Waals surface area (Å²) in [6, 6.07) is 28.9. The molecule has 7 rings (SSSR count). The first-order valence-electron chi connectivity index (χ1n) is 15.5. The Morgan fingerprint density at radius 3 is 2.06 bits per heavy atom. The van der Waals surface area contributed by atoms with Gasteiger partial charge in [0.1, 0.15) is 31.5 Å². The molecule has 0 spiro atoms. The highest BCUT2D eigenvalue weighted by Gasteiger charge is 2.56. The molecule has 1 N–H and O–H groups in total. The summed E-state index contributed by atoms with van der Waals surface area (Å²) in [5, 5.41) is 0. The van der Waals surface area contributed by atoms with E-state index in [1.165, 1.54) is 7.11 Å². The van der Waals surface area contributed by atoms with Gasteiger partial charge >= 0.3 is 5.97 Å². The van der Waals surface area contributed by atoms with E-state index in [1.54, 1.807) is 6.07 Å². The number of rotatable bonds is 10. The first kappa shape index (κ1) is 32.1. The maximum atomic E-state index is 13.9. The van der Waals surface area contributed by atoms with Crippen molar-refractivity contribution in [2.24, 2.45) is 0 Å². The second kappa shape index (κ2) is 13.6. The van der Waals surface area contributed by atoms with Crippen LogP contribution >= 0.6 is 0 Å². The SMILES string of the molecule is COc1c(OCc2ccccc2)cc2c(c1OCc1ccccc1)[C@@H]1O[C@@H]3CO[C@@H](c4ccccc4)O[C@H]3[C@H](NS(C)(=O)=O)[C@H]1OC2=O. The molecule has 12 heteroatoms. The van der Waals surface area contributed by atoms with Gasteiger partial charge in [0.2, 0.25) is 15.8 Å². The summed E-state index contributed by atoms with van der Waals surface area (Å²) >= 11 is 0. The number of nitrogens with one attached hydrogen (secondary N) is 1. The van der Waals surface area contributed by atoms with Gasteiger partial charge in [-0.15, -0.1) is 0 Å². The Kier molecular flexibility index (Phi) is 9.08. The molecule has 2 fully saturated rings. The van der Waals surface area contributed by atoms with E-state index < -0.39 is 52.7 Å². The molecule has 11 nitrogen and oxygen atoms in total. The van der Waals surface area contributed by atoms with Gasteiger partial charge in [-0.3, -0.25) is 0 Å². The molecule has 6 atom stereocenters. The number of esters is 1. The predicted octanol–water partition coefficient (Wildman–Crippen LogP) is 4.86. The molecule has 4 aromatic carbocycles. The van der Waals surface area contributed by atoms with Crippen molar-refractivity contribution in [3.05, 3.63) is 125 Å². The molecule has 0 amide bonds. The molecule has 0 radical (unpaired) electrons. The molecule has 0 aromatic heterocycles. The van der Waals surface area contributed by atoms with Gasteiger partial charge in [0.05, 0.1) is 31.6 Å². The monoisotopic (exact) mass is 673 g/mol. The van der Waals surface area contributed by atoms with Gasteiger partial charge in [0.15, 0.2) is 23.9 Å². The van der Waals surface area contributed by atoms with Gasteiger partial charge in [-0.2, -0.15) is 0 Å². The van der Waals surface area contributed by atoms with Gasteiger partial charge in [0.25, 0.3) is 0 Å². The topological polar surface area (TPSA) is 128 Å². The van der Waals surface area contributed by atoms with Crippen LogP contribution in [0.4, 0.5) is 0 Å². The fourth-order valence-electron chi connectivity index (χ4n) is 6.33. The third-order valence-electron chi connectivity index (χ3n) is 8.46. The van der Waals surface area contributed by atoms with Crippen LogP contribution in [0.5, 0.6) is 17.2 Å². The van der Waals surface area contributed by atoms with Crippen molar-refractivity contribution in [3.8, 4) is 17.2 Å². The summed E-state index contributed by atoms with van der Waals surface area (Å²) < 4.78 is 71.8. The molecule has 0 bridgehead atoms. The molecule has 3 heterocycles. The van der Waals surface area contributed by atoms with Gasteiger partial charge < -0.3 is 33.2 Å². The molecule has 4 aromatic rings. The first-order chi connectivity index (χ1) is 23.3. The molecular weight excluding hydrogens is 638 g/mol. The van der Waals surface area contributed by atoms with E-state index in [1.807, 2.05) is 91.0 Å². The Bertz CT molecular complexity index is 1860. The van der Waals surface area contributed by atoms with Crippen LogP contribution in [-0.4, -0.2) is 58.7 Å². The maximum Gasteiger partial charge on any atom is 0.339 e. The number of methoxy groups -OCH3 is 1. The van der Waals surface area contributed by atoms with Crippen LogP contribution in [0.3, 0.4) is 0 Å². The van der Waals surface area contributed by atoms with E-state index in [-0.39, 0.29) is 42.6 Å². The number of sulfonamides is 1. The number of ether oxygens (including phenoxy) is 7. The molecule has 3 aliphatic rings. The molecular formula is C36H35NO10S. The highest BCUT2D eigenvalue weighted by Crippen LogP contribution is 2.52. The highest BCUT2D eigenvalue weighted by molar-refractivity contribution is 7.88. The van der Waals surface area contributed by atoms with Gasteiger partial charge in [-0.05, 0) is 17.2 Å². The number of carbonyl (C=O) groups excluding carboxylic acids is 1. The van der Waals surface area contributed by atoms with Crippen molar-refractivity contribution in [1.29, 1.82) is 0 Å². The summed E-state index contributed by atoms with van der Waals surface area (Å²) in [6.07, 6.45) is -3.39. The average Bonchev–Trinajstić information content (AvgIpc) is 3.10. The van der Waals surface area contributed by atoms with Gasteiger partial charge in [-0.25, -0.2) is 17.9 Å². The van der Waals surface area contributed by atoms with Crippen LogP contribution in [0.15, 0.2) is 97.1 Å². The third kappa shape index (κ3) is 6.62. The average molecular weight is 674 g/mol. The zero-order valence-electron chi connectivity index (χ0n) is 26.3. The highest BCUT2D eigenvalue weighted by atomic mass is 32.2. The lowest BCUT2D eigenvalue weighted by atomic mass is 9.84. The molecule has 2 saturated heterocycles. The lowest BCUT2D eigenvalue weighted by Crippen LogP contribution is -2.66. The van der Waals surface area contributed by atoms with E-state index in [4.69, 9.17) is 33.2 Å². The van der Waals surface area contributed by atoms with Crippen molar-refractivity contribution in [1.82, 2.24) is 4.72 Å². The number of fused-ring (bicyclic) bond motifs is 4. The first-order valence-corrected chi connectivity index (χ1v) is 17.4. The fourth-order valence-corrected chi connectivity index (χ4v) is 7.09. The number of hydrogen-bond donors (Lipinski definition) is 1. The number of carbonyl (C=O) groups is 1. The third-order valence-corrected chi connectivity index (χ3v) is 9.16. The Morgan fingerprint density at radius 2 is 1.44 bits per heavy atom. The Balaban J connectivity index is 1.30. The van der Waals surface area contributed by atoms with Crippen LogP contribution < -0.4 is 18.9 Å². The summed E-state index contributed by atoms with van der Waals surface area (Å²) in [5.74, 6) is 0.0581.